The second-order valence-corrected chi connectivity index (χ2v) is 4.74. The predicted octanol–water partition coefficient (Wildman–Crippen LogP) is 2.35. The number of carbonyl (C=O) groups is 1. The molecule has 0 unspecified atom stereocenters. The van der Waals surface area contributed by atoms with Crippen molar-refractivity contribution in [3.8, 4) is 0 Å². The number of hydrogen-bond donors (Lipinski definition) is 0. The monoisotopic (exact) mass is 261 g/mol. The number of alkyl halides is 1. The lowest BCUT2D eigenvalue weighted by molar-refractivity contribution is -0.132. The third kappa shape index (κ3) is 4.51. The SMILES string of the molecule is COCCN(Cc1cccs1)C(=O)CCCl. The van der Waals surface area contributed by atoms with Crippen LogP contribution >= 0.6 is 22.9 Å². The van der Waals surface area contributed by atoms with Crippen LogP contribution in [0.4, 0.5) is 0 Å². The van der Waals surface area contributed by atoms with Gasteiger partial charge in [-0.2, -0.15) is 0 Å². The van der Waals surface area contributed by atoms with Crippen molar-refractivity contribution < 1.29 is 9.53 Å². The van der Waals surface area contributed by atoms with Crippen molar-refractivity contribution in [2.75, 3.05) is 26.1 Å². The number of rotatable bonds is 7. The molecule has 16 heavy (non-hydrogen) atoms. The predicted molar refractivity (Wildman–Crippen MR) is 66.9 cm³/mol. The maximum absolute atomic E-state index is 11.8. The first-order chi connectivity index (χ1) is 7.77. The molecule has 0 aliphatic carbocycles. The zero-order chi connectivity index (χ0) is 11.8. The Morgan fingerprint density at radius 3 is 3.00 bits per heavy atom. The number of methoxy groups -OCH3 is 1. The smallest absolute Gasteiger partial charge is 0.224 e. The Morgan fingerprint density at radius 2 is 2.44 bits per heavy atom. The molecule has 0 atom stereocenters. The molecule has 0 bridgehead atoms. The van der Waals surface area contributed by atoms with Crippen molar-refractivity contribution in [2.45, 2.75) is 13.0 Å². The number of nitrogens with zero attached hydrogens (tertiary/aromatic N) is 1. The minimum absolute atomic E-state index is 0.0838. The molecule has 0 saturated heterocycles. The molecule has 0 radical (unpaired) electrons. The molecule has 1 aromatic heterocycles. The van der Waals surface area contributed by atoms with E-state index in [1.54, 1.807) is 23.3 Å². The number of thiophene rings is 1. The number of hydrogen-bond acceptors (Lipinski definition) is 3. The number of ether oxygens (including phenoxy) is 1. The fraction of sp³-hybridized carbons (Fsp3) is 0.545. The first-order valence-corrected chi connectivity index (χ1v) is 6.54. The van der Waals surface area contributed by atoms with Crippen molar-refractivity contribution in [1.29, 1.82) is 0 Å². The largest absolute Gasteiger partial charge is 0.383 e. The van der Waals surface area contributed by atoms with Crippen LogP contribution in [0.15, 0.2) is 17.5 Å². The van der Waals surface area contributed by atoms with E-state index in [2.05, 4.69) is 0 Å². The molecule has 0 aliphatic rings. The van der Waals surface area contributed by atoms with E-state index in [4.69, 9.17) is 16.3 Å². The van der Waals surface area contributed by atoms with Crippen LogP contribution in [0.2, 0.25) is 0 Å². The van der Waals surface area contributed by atoms with Gasteiger partial charge in [0.2, 0.25) is 5.91 Å². The highest BCUT2D eigenvalue weighted by Crippen LogP contribution is 2.12. The minimum atomic E-state index is 0.0838. The average Bonchev–Trinajstić information content (AvgIpc) is 2.77. The van der Waals surface area contributed by atoms with Crippen LogP contribution in [-0.4, -0.2) is 36.9 Å². The molecule has 0 N–H and O–H groups in total. The van der Waals surface area contributed by atoms with Crippen molar-refractivity contribution in [2.24, 2.45) is 0 Å². The fourth-order valence-corrected chi connectivity index (χ4v) is 2.20. The first kappa shape index (κ1) is 13.5. The molecular formula is C11H16ClNO2S. The van der Waals surface area contributed by atoms with E-state index in [1.807, 2.05) is 17.5 Å². The van der Waals surface area contributed by atoms with Gasteiger partial charge in [0.25, 0.3) is 0 Å². The highest BCUT2D eigenvalue weighted by molar-refractivity contribution is 7.09. The summed E-state index contributed by atoms with van der Waals surface area (Å²) in [6.07, 6.45) is 0.386. The van der Waals surface area contributed by atoms with E-state index in [0.29, 0.717) is 32.0 Å². The van der Waals surface area contributed by atoms with Gasteiger partial charge in [0, 0.05) is 30.8 Å². The van der Waals surface area contributed by atoms with Gasteiger partial charge in [0.1, 0.15) is 0 Å². The quantitative estimate of drug-likeness (QED) is 0.705. The summed E-state index contributed by atoms with van der Waals surface area (Å²) in [6, 6.07) is 4.01. The first-order valence-electron chi connectivity index (χ1n) is 5.13. The maximum atomic E-state index is 11.8. The topological polar surface area (TPSA) is 29.5 Å². The van der Waals surface area contributed by atoms with Crippen LogP contribution in [0.3, 0.4) is 0 Å². The molecule has 5 heteroatoms. The molecule has 90 valence electrons. The van der Waals surface area contributed by atoms with Gasteiger partial charge < -0.3 is 9.64 Å². The summed E-state index contributed by atoms with van der Waals surface area (Å²) in [5.74, 6) is 0.452. The molecule has 1 amide bonds. The Kier molecular flexibility index (Phi) is 6.45. The van der Waals surface area contributed by atoms with Gasteiger partial charge >= 0.3 is 0 Å². The van der Waals surface area contributed by atoms with Crippen LogP contribution in [0, 0.1) is 0 Å². The second kappa shape index (κ2) is 7.65. The molecule has 0 spiro atoms. The average molecular weight is 262 g/mol. The Labute approximate surface area is 105 Å². The van der Waals surface area contributed by atoms with Crippen LogP contribution in [0.25, 0.3) is 0 Å². The van der Waals surface area contributed by atoms with Gasteiger partial charge in [0.15, 0.2) is 0 Å². The highest BCUT2D eigenvalue weighted by atomic mass is 35.5. The third-order valence-electron chi connectivity index (χ3n) is 2.15. The summed E-state index contributed by atoms with van der Waals surface area (Å²) in [6.45, 7) is 1.82. The molecular weight excluding hydrogens is 246 g/mol. The summed E-state index contributed by atoms with van der Waals surface area (Å²) in [4.78, 5) is 14.7. The third-order valence-corrected chi connectivity index (χ3v) is 3.20. The Morgan fingerprint density at radius 1 is 1.62 bits per heavy atom. The van der Waals surface area contributed by atoms with E-state index in [1.165, 1.54) is 4.88 Å². The Balaban J connectivity index is 2.52. The van der Waals surface area contributed by atoms with Crippen molar-refractivity contribution in [1.82, 2.24) is 4.90 Å². The normalized spacial score (nSPS) is 10.4. The van der Waals surface area contributed by atoms with Crippen molar-refractivity contribution >= 4 is 28.8 Å². The van der Waals surface area contributed by atoms with Gasteiger partial charge in [-0.25, -0.2) is 0 Å². The summed E-state index contributed by atoms with van der Waals surface area (Å²) in [5, 5.41) is 2.01. The zero-order valence-electron chi connectivity index (χ0n) is 9.32. The molecule has 3 nitrogen and oxygen atoms in total. The highest BCUT2D eigenvalue weighted by Gasteiger charge is 2.13. The van der Waals surface area contributed by atoms with Crippen LogP contribution < -0.4 is 0 Å². The molecule has 0 aliphatic heterocycles. The van der Waals surface area contributed by atoms with E-state index in [-0.39, 0.29) is 5.91 Å². The standard InChI is InChI=1S/C11H16ClNO2S/c1-15-7-6-13(11(14)4-5-12)9-10-3-2-8-16-10/h2-3,8H,4-7,9H2,1H3. The van der Waals surface area contributed by atoms with E-state index >= 15 is 0 Å². The van der Waals surface area contributed by atoms with Gasteiger partial charge in [0.05, 0.1) is 13.2 Å². The van der Waals surface area contributed by atoms with E-state index < -0.39 is 0 Å². The zero-order valence-corrected chi connectivity index (χ0v) is 10.9. The summed E-state index contributed by atoms with van der Waals surface area (Å²) >= 11 is 7.23. The summed E-state index contributed by atoms with van der Waals surface area (Å²) in [5.41, 5.74) is 0. The lowest BCUT2D eigenvalue weighted by Crippen LogP contribution is -2.33. The second-order valence-electron chi connectivity index (χ2n) is 3.33. The molecule has 0 aromatic carbocycles. The fourth-order valence-electron chi connectivity index (χ4n) is 1.32. The lowest BCUT2D eigenvalue weighted by Gasteiger charge is -2.21. The van der Waals surface area contributed by atoms with E-state index in [9.17, 15) is 4.79 Å². The van der Waals surface area contributed by atoms with Gasteiger partial charge in [-0.05, 0) is 11.4 Å². The molecule has 1 heterocycles. The van der Waals surface area contributed by atoms with Crippen LogP contribution in [0.1, 0.15) is 11.3 Å². The minimum Gasteiger partial charge on any atom is -0.383 e. The number of halogens is 1. The van der Waals surface area contributed by atoms with E-state index in [0.717, 1.165) is 0 Å². The summed E-state index contributed by atoms with van der Waals surface area (Å²) < 4.78 is 5.00. The lowest BCUT2D eigenvalue weighted by atomic mass is 10.3. The molecule has 0 saturated carbocycles. The molecule has 1 aromatic rings. The van der Waals surface area contributed by atoms with Crippen LogP contribution in [-0.2, 0) is 16.1 Å². The van der Waals surface area contributed by atoms with Crippen LogP contribution in [0.5, 0.6) is 0 Å². The van der Waals surface area contributed by atoms with Gasteiger partial charge in [-0.3, -0.25) is 4.79 Å². The Bertz CT molecular complexity index is 303. The maximum Gasteiger partial charge on any atom is 0.224 e. The summed E-state index contributed by atoms with van der Waals surface area (Å²) in [7, 11) is 1.63. The molecule has 1 rings (SSSR count). The number of carbonyl (C=O) groups excluding carboxylic acids is 1. The van der Waals surface area contributed by atoms with Crippen molar-refractivity contribution in [3.63, 3.8) is 0 Å². The Hall–Kier alpha value is -0.580. The van der Waals surface area contributed by atoms with Gasteiger partial charge in [-0.15, -0.1) is 22.9 Å². The number of amides is 1. The molecule has 0 fully saturated rings. The van der Waals surface area contributed by atoms with Crippen molar-refractivity contribution in [3.05, 3.63) is 22.4 Å². The van der Waals surface area contributed by atoms with Gasteiger partial charge in [-0.1, -0.05) is 6.07 Å².